The Bertz CT molecular complexity index is 278. The van der Waals surface area contributed by atoms with E-state index in [9.17, 15) is 0 Å². The van der Waals surface area contributed by atoms with Gasteiger partial charge >= 0.3 is 68.2 Å². The zero-order valence-corrected chi connectivity index (χ0v) is 16.5. The minimum atomic E-state index is -2.19. The van der Waals surface area contributed by atoms with Gasteiger partial charge in [-0.15, -0.1) is 6.54 Å². The number of hydrogen-bond acceptors (Lipinski definition) is 9. The van der Waals surface area contributed by atoms with Crippen molar-refractivity contribution in [2.45, 2.75) is 13.8 Å². The Morgan fingerprint density at radius 3 is 1.09 bits per heavy atom. The van der Waals surface area contributed by atoms with E-state index in [2.05, 4.69) is 18.7 Å². The van der Waals surface area contributed by atoms with E-state index in [-0.39, 0.29) is 68.2 Å². The van der Waals surface area contributed by atoms with Crippen LogP contribution in [-0.4, -0.2) is 55.0 Å². The zero-order valence-electron chi connectivity index (χ0n) is 12.4. The number of carboxylic acid groups (broad SMARTS) is 4. The Balaban J connectivity index is -0.0000000637. The fourth-order valence-electron chi connectivity index (χ4n) is 0.698. The van der Waals surface area contributed by atoms with Crippen molar-refractivity contribution < 1.29 is 108 Å². The van der Waals surface area contributed by atoms with Crippen molar-refractivity contribution in [1.82, 2.24) is 4.90 Å². The number of aliphatic carboxylic acids is 4. The first kappa shape index (κ1) is 33.5. The molecule has 0 bridgehead atoms. The molecule has 0 fully saturated rings. The van der Waals surface area contributed by atoms with Gasteiger partial charge < -0.3 is 50.2 Å². The third kappa shape index (κ3) is 32.0. The molecule has 0 saturated carbocycles. The fraction of sp³-hybridized carbons (Fsp3) is 0.600. The van der Waals surface area contributed by atoms with Gasteiger partial charge in [-0.2, -0.15) is 0 Å². The van der Waals surface area contributed by atoms with E-state index in [1.165, 1.54) is 0 Å². The molecule has 1 N–H and O–H groups in total. The van der Waals surface area contributed by atoms with Crippen LogP contribution in [0.1, 0.15) is 13.8 Å². The largest absolute Gasteiger partial charge is 3.00 e. The molecular formula is C10H15CoKN2O8-. The average Bonchev–Trinajstić information content (AvgIpc) is 2.37. The summed E-state index contributed by atoms with van der Waals surface area (Å²) >= 11 is 0. The minimum absolute atomic E-state index is 0. The van der Waals surface area contributed by atoms with Gasteiger partial charge in [0.25, 0.3) is 0 Å². The van der Waals surface area contributed by atoms with Crippen LogP contribution in [0.2, 0.25) is 0 Å². The molecule has 0 aromatic carbocycles. The molecule has 124 valence electrons. The standard InChI is InChI=1S/C6H15N2.2C2H2O4.Co.K/c1-3-8(4-2)6-5-7;2*3-1(4)2(5)6;;/h7H,3-6H2,1-2H3;2*(H,3,4)(H,5,6);;/q-1;;;+3;+1/p-4. The first-order chi connectivity index (χ1) is 9.13. The van der Waals surface area contributed by atoms with E-state index >= 15 is 0 Å². The van der Waals surface area contributed by atoms with Crippen molar-refractivity contribution in [3.8, 4) is 0 Å². The fourth-order valence-corrected chi connectivity index (χ4v) is 0.698. The smallest absolute Gasteiger partial charge is 0.676 e. The monoisotopic (exact) mass is 389 g/mol. The van der Waals surface area contributed by atoms with Gasteiger partial charge in [0.15, 0.2) is 0 Å². The molecule has 0 atom stereocenters. The molecule has 0 unspecified atom stereocenters. The van der Waals surface area contributed by atoms with Gasteiger partial charge in [-0.1, -0.05) is 13.8 Å². The summed E-state index contributed by atoms with van der Waals surface area (Å²) in [5.74, 6) is -8.74. The Kier molecular flexibility index (Phi) is 35.4. The van der Waals surface area contributed by atoms with Crippen molar-refractivity contribution in [2.75, 3.05) is 26.2 Å². The molecule has 22 heavy (non-hydrogen) atoms. The number of hydrogen-bond donors (Lipinski definition) is 0. The van der Waals surface area contributed by atoms with Gasteiger partial charge in [-0.05, 0) is 19.6 Å². The molecular weight excluding hydrogens is 374 g/mol. The Labute approximate surface area is 180 Å². The second-order valence-corrected chi connectivity index (χ2v) is 2.93. The van der Waals surface area contributed by atoms with E-state index in [0.717, 1.165) is 19.6 Å². The molecule has 0 radical (unpaired) electrons. The van der Waals surface area contributed by atoms with Crippen LogP contribution in [-0.2, 0) is 36.0 Å². The molecule has 12 heteroatoms. The van der Waals surface area contributed by atoms with Crippen LogP contribution in [0, 0.1) is 0 Å². The van der Waals surface area contributed by atoms with E-state index in [1.54, 1.807) is 0 Å². The molecule has 0 aliphatic carbocycles. The SMILES string of the molecule is CCN(CC)CC[NH-].O=C([O-])C(=O)[O-].O=C([O-])C(=O)[O-].[Co+3].[K+]. The van der Waals surface area contributed by atoms with Crippen molar-refractivity contribution in [3.63, 3.8) is 0 Å². The van der Waals surface area contributed by atoms with E-state index in [1.807, 2.05) is 0 Å². The molecule has 0 aromatic rings. The van der Waals surface area contributed by atoms with Crippen molar-refractivity contribution >= 4 is 23.9 Å². The summed E-state index contributed by atoms with van der Waals surface area (Å²) in [6.07, 6.45) is 0. The summed E-state index contributed by atoms with van der Waals surface area (Å²) in [5, 5.41) is 35.7. The average molecular weight is 389 g/mol. The van der Waals surface area contributed by atoms with Gasteiger partial charge in [0.05, 0.1) is 23.9 Å². The van der Waals surface area contributed by atoms with E-state index in [4.69, 9.17) is 45.3 Å². The molecule has 0 aromatic heterocycles. The van der Waals surface area contributed by atoms with Crippen LogP contribution in [0.15, 0.2) is 0 Å². The predicted octanol–water partition coefficient (Wildman–Crippen LogP) is -8.65. The third-order valence-corrected chi connectivity index (χ3v) is 1.66. The molecule has 0 saturated heterocycles. The van der Waals surface area contributed by atoms with E-state index < -0.39 is 23.9 Å². The third-order valence-electron chi connectivity index (χ3n) is 1.66. The van der Waals surface area contributed by atoms with Crippen LogP contribution in [0.5, 0.6) is 0 Å². The maximum absolute atomic E-state index is 8.93. The summed E-state index contributed by atoms with van der Waals surface area (Å²) in [6.45, 7) is 7.86. The molecule has 10 nitrogen and oxygen atoms in total. The van der Waals surface area contributed by atoms with Gasteiger partial charge in [0.2, 0.25) is 0 Å². The predicted molar refractivity (Wildman–Crippen MR) is 57.0 cm³/mol. The Hall–Kier alpha value is -0.0571. The quantitative estimate of drug-likeness (QED) is 0.332. The second kappa shape index (κ2) is 23.2. The van der Waals surface area contributed by atoms with Crippen molar-refractivity contribution in [2.24, 2.45) is 0 Å². The Morgan fingerprint density at radius 1 is 0.818 bits per heavy atom. The molecule has 0 aliphatic heterocycles. The molecule has 0 amide bonds. The molecule has 0 aliphatic rings. The maximum Gasteiger partial charge on any atom is 3.00 e. The second-order valence-electron chi connectivity index (χ2n) is 2.93. The first-order valence-corrected chi connectivity index (χ1v) is 5.35. The van der Waals surface area contributed by atoms with Crippen molar-refractivity contribution in [3.05, 3.63) is 5.73 Å². The molecule has 0 spiro atoms. The molecule has 0 rings (SSSR count). The van der Waals surface area contributed by atoms with Gasteiger partial charge in [-0.3, -0.25) is 0 Å². The van der Waals surface area contributed by atoms with Crippen LogP contribution in [0.3, 0.4) is 0 Å². The molecule has 0 heterocycles. The van der Waals surface area contributed by atoms with Gasteiger partial charge in [0, 0.05) is 0 Å². The van der Waals surface area contributed by atoms with Gasteiger partial charge in [-0.25, -0.2) is 0 Å². The number of nitrogens with one attached hydrogen (secondary N) is 1. The Morgan fingerprint density at radius 2 is 1.05 bits per heavy atom. The summed E-state index contributed by atoms with van der Waals surface area (Å²) < 4.78 is 0. The van der Waals surface area contributed by atoms with Crippen LogP contribution in [0.25, 0.3) is 5.73 Å². The number of carbonyl (C=O) groups excluding carboxylic acids is 4. The van der Waals surface area contributed by atoms with Crippen molar-refractivity contribution in [1.29, 1.82) is 0 Å². The number of rotatable bonds is 4. The number of carboxylic acids is 4. The number of carbonyl (C=O) groups is 4. The minimum Gasteiger partial charge on any atom is -0.676 e. The van der Waals surface area contributed by atoms with E-state index in [0.29, 0.717) is 6.54 Å². The summed E-state index contributed by atoms with van der Waals surface area (Å²) in [4.78, 5) is 37.9. The normalized spacial score (nSPS) is 7.82. The van der Waals surface area contributed by atoms with Gasteiger partial charge in [0.1, 0.15) is 0 Å². The topological polar surface area (TPSA) is 188 Å². The number of likely N-dealkylation sites (N-methyl/N-ethyl adjacent to an activating group) is 1. The van der Waals surface area contributed by atoms with Crippen LogP contribution >= 0.6 is 0 Å². The maximum atomic E-state index is 8.93. The zero-order chi connectivity index (χ0) is 16.7. The number of nitrogens with zero attached hydrogens (tertiary/aromatic N) is 1. The van der Waals surface area contributed by atoms with Crippen LogP contribution < -0.4 is 71.8 Å². The first-order valence-electron chi connectivity index (χ1n) is 5.35. The summed E-state index contributed by atoms with van der Waals surface area (Å²) in [6, 6.07) is 0. The summed E-state index contributed by atoms with van der Waals surface area (Å²) in [7, 11) is 0. The van der Waals surface area contributed by atoms with Crippen LogP contribution in [0.4, 0.5) is 0 Å². The summed E-state index contributed by atoms with van der Waals surface area (Å²) in [5.41, 5.74) is 6.90.